The molecule has 30 heavy (non-hydrogen) atoms. The van der Waals surface area contributed by atoms with Gasteiger partial charge in [-0.05, 0) is 49.3 Å². The summed E-state index contributed by atoms with van der Waals surface area (Å²) in [4.78, 5) is 32.3. The van der Waals surface area contributed by atoms with Crippen molar-refractivity contribution in [3.05, 3.63) is 28.1 Å². The van der Waals surface area contributed by atoms with Crippen molar-refractivity contribution in [1.29, 1.82) is 5.26 Å². The molecule has 2 aliphatic rings. The predicted molar refractivity (Wildman–Crippen MR) is 115 cm³/mol. The number of hydrogen-bond donors (Lipinski definition) is 2. The third-order valence-corrected chi connectivity index (χ3v) is 6.65. The Morgan fingerprint density at radius 3 is 3.03 bits per heavy atom. The molecule has 0 radical (unpaired) electrons. The van der Waals surface area contributed by atoms with E-state index in [0.717, 1.165) is 29.7 Å². The number of anilines is 3. The molecular formula is C21H23N5O3S. The first-order valence-corrected chi connectivity index (χ1v) is 10.8. The summed E-state index contributed by atoms with van der Waals surface area (Å²) < 4.78 is 5.70. The number of nitrogens with zero attached hydrogens (tertiary/aromatic N) is 3. The van der Waals surface area contributed by atoms with E-state index < -0.39 is 12.0 Å². The topological polar surface area (TPSA) is 121 Å². The molecule has 0 fully saturated rings. The number of nitrogens with one attached hydrogen (secondary N) is 1. The van der Waals surface area contributed by atoms with E-state index in [4.69, 9.17) is 10.5 Å². The van der Waals surface area contributed by atoms with E-state index in [1.807, 2.05) is 6.92 Å². The molecule has 2 atom stereocenters. The Balaban J connectivity index is 1.58. The molecule has 1 aliphatic heterocycles. The highest BCUT2D eigenvalue weighted by atomic mass is 32.1. The van der Waals surface area contributed by atoms with Crippen molar-refractivity contribution in [1.82, 2.24) is 4.98 Å². The molecule has 2 aromatic heterocycles. The summed E-state index contributed by atoms with van der Waals surface area (Å²) in [5, 5.41) is 13.0. The van der Waals surface area contributed by atoms with Gasteiger partial charge in [-0.15, -0.1) is 11.3 Å². The number of ether oxygens (including phenoxy) is 1. The maximum Gasteiger partial charge on any atom is 0.269 e. The number of carbonyl (C=O) groups is 2. The molecule has 0 aromatic carbocycles. The Morgan fingerprint density at radius 1 is 1.50 bits per heavy atom. The van der Waals surface area contributed by atoms with Gasteiger partial charge in [-0.25, -0.2) is 4.98 Å². The molecular weight excluding hydrogens is 402 g/mol. The van der Waals surface area contributed by atoms with Crippen LogP contribution in [0, 0.1) is 17.2 Å². The lowest BCUT2D eigenvalue weighted by atomic mass is 9.89. The van der Waals surface area contributed by atoms with Gasteiger partial charge in [0, 0.05) is 4.88 Å². The second kappa shape index (κ2) is 7.95. The lowest BCUT2D eigenvalue weighted by Gasteiger charge is -2.32. The number of hydrogen-bond acceptors (Lipinski definition) is 7. The third-order valence-electron chi connectivity index (χ3n) is 5.48. The minimum atomic E-state index is -0.680. The van der Waals surface area contributed by atoms with Gasteiger partial charge < -0.3 is 15.8 Å². The number of aromatic nitrogens is 1. The highest BCUT2D eigenvalue weighted by Gasteiger charge is 2.36. The summed E-state index contributed by atoms with van der Waals surface area (Å²) in [7, 11) is 0. The molecule has 4 rings (SSSR count). The zero-order chi connectivity index (χ0) is 21.4. The van der Waals surface area contributed by atoms with Crippen molar-refractivity contribution in [2.75, 3.05) is 22.5 Å². The molecule has 0 spiro atoms. The molecule has 156 valence electrons. The van der Waals surface area contributed by atoms with Crippen LogP contribution in [0.25, 0.3) is 0 Å². The van der Waals surface area contributed by atoms with Crippen molar-refractivity contribution in [2.45, 2.75) is 45.6 Å². The van der Waals surface area contributed by atoms with Crippen molar-refractivity contribution in [3.8, 4) is 11.8 Å². The fourth-order valence-electron chi connectivity index (χ4n) is 3.90. The largest absolute Gasteiger partial charge is 0.477 e. The van der Waals surface area contributed by atoms with Gasteiger partial charge >= 0.3 is 0 Å². The minimum absolute atomic E-state index is 0.230. The average Bonchev–Trinajstić information content (AvgIpc) is 3.05. The van der Waals surface area contributed by atoms with Crippen LogP contribution in [0.2, 0.25) is 0 Å². The van der Waals surface area contributed by atoms with E-state index in [1.165, 1.54) is 16.2 Å². The van der Waals surface area contributed by atoms with Gasteiger partial charge in [0.05, 0.1) is 5.56 Å². The Labute approximate surface area is 178 Å². The van der Waals surface area contributed by atoms with Gasteiger partial charge in [0.15, 0.2) is 17.7 Å². The molecule has 2 amide bonds. The van der Waals surface area contributed by atoms with Crippen LogP contribution in [0.15, 0.2) is 12.1 Å². The number of rotatable bonds is 4. The highest BCUT2D eigenvalue weighted by molar-refractivity contribution is 7.16. The summed E-state index contributed by atoms with van der Waals surface area (Å²) in [5.74, 6) is 0.728. The molecule has 9 heteroatoms. The summed E-state index contributed by atoms with van der Waals surface area (Å²) >= 11 is 1.46. The molecule has 0 bridgehead atoms. The molecule has 3 N–H and O–H groups in total. The summed E-state index contributed by atoms with van der Waals surface area (Å²) in [6.07, 6.45) is 2.59. The summed E-state index contributed by atoms with van der Waals surface area (Å²) in [5.41, 5.74) is 7.36. The Hall–Kier alpha value is -3.12. The second-order valence-electron chi connectivity index (χ2n) is 7.71. The van der Waals surface area contributed by atoms with Gasteiger partial charge in [0.1, 0.15) is 23.4 Å². The van der Waals surface area contributed by atoms with Gasteiger partial charge in [-0.2, -0.15) is 5.26 Å². The first-order valence-electron chi connectivity index (χ1n) is 10.00. The maximum absolute atomic E-state index is 12.9. The molecule has 0 saturated heterocycles. The number of nitrogens with two attached hydrogens (primary N) is 1. The van der Waals surface area contributed by atoms with Crippen molar-refractivity contribution < 1.29 is 14.3 Å². The molecule has 0 saturated carbocycles. The van der Waals surface area contributed by atoms with Crippen molar-refractivity contribution in [3.63, 3.8) is 0 Å². The number of thiophene rings is 1. The summed E-state index contributed by atoms with van der Waals surface area (Å²) in [6.45, 7) is 3.80. The Kier molecular flexibility index (Phi) is 5.35. The van der Waals surface area contributed by atoms with E-state index in [-0.39, 0.29) is 24.1 Å². The molecule has 3 heterocycles. The van der Waals surface area contributed by atoms with E-state index in [2.05, 4.69) is 23.3 Å². The first-order chi connectivity index (χ1) is 14.4. The van der Waals surface area contributed by atoms with Crippen LogP contribution in [0.3, 0.4) is 0 Å². The number of fused-ring (bicyclic) bond motifs is 2. The monoisotopic (exact) mass is 425 g/mol. The predicted octanol–water partition coefficient (Wildman–Crippen LogP) is 2.86. The summed E-state index contributed by atoms with van der Waals surface area (Å²) in [6, 6.07) is 5.49. The van der Waals surface area contributed by atoms with E-state index >= 15 is 0 Å². The van der Waals surface area contributed by atoms with Crippen LogP contribution in [0.5, 0.6) is 5.75 Å². The SMILES string of the molecule is CCC1Oc2ccc(N)nc2N(CC(=O)Nc2sc3c(c2C#N)CCC(C)C3)C1=O. The zero-order valence-electron chi connectivity index (χ0n) is 16.9. The van der Waals surface area contributed by atoms with E-state index in [1.54, 1.807) is 12.1 Å². The normalized spacial score (nSPS) is 20.0. The molecule has 8 nitrogen and oxygen atoms in total. The van der Waals surface area contributed by atoms with Crippen LogP contribution in [0.4, 0.5) is 16.6 Å². The van der Waals surface area contributed by atoms with Crippen LogP contribution in [-0.4, -0.2) is 29.4 Å². The number of nitriles is 1. The van der Waals surface area contributed by atoms with Crippen molar-refractivity contribution in [2.24, 2.45) is 5.92 Å². The standard InChI is InChI=1S/C21H23N5O3S/c1-3-14-21(28)26(19-15(29-14)6-7-17(23)24-19)10-18(27)25-20-13(9-22)12-5-4-11(2)8-16(12)30-20/h6-7,11,14H,3-5,8,10H2,1-2H3,(H2,23,24)(H,25,27). The quantitative estimate of drug-likeness (QED) is 0.777. The maximum atomic E-state index is 12.9. The Morgan fingerprint density at radius 2 is 2.30 bits per heavy atom. The number of carbonyl (C=O) groups excluding carboxylic acids is 2. The number of pyridine rings is 1. The van der Waals surface area contributed by atoms with Gasteiger partial charge in [-0.3, -0.25) is 14.5 Å². The van der Waals surface area contributed by atoms with Crippen molar-refractivity contribution >= 4 is 39.8 Å². The Bertz CT molecular complexity index is 1060. The lowest BCUT2D eigenvalue weighted by molar-refractivity contribution is -0.128. The molecule has 1 aliphatic carbocycles. The van der Waals surface area contributed by atoms with Crippen LogP contribution in [-0.2, 0) is 22.4 Å². The number of nitrogen functional groups attached to an aromatic ring is 1. The smallest absolute Gasteiger partial charge is 0.269 e. The fraction of sp³-hybridized carbons (Fsp3) is 0.429. The highest BCUT2D eigenvalue weighted by Crippen LogP contribution is 2.39. The lowest BCUT2D eigenvalue weighted by Crippen LogP contribution is -2.49. The van der Waals surface area contributed by atoms with Gasteiger partial charge in [0.2, 0.25) is 5.91 Å². The van der Waals surface area contributed by atoms with E-state index in [9.17, 15) is 14.9 Å². The van der Waals surface area contributed by atoms with Gasteiger partial charge in [-0.1, -0.05) is 13.8 Å². The average molecular weight is 426 g/mol. The molecule has 2 unspecified atom stereocenters. The van der Waals surface area contributed by atoms with E-state index in [0.29, 0.717) is 28.7 Å². The zero-order valence-corrected chi connectivity index (χ0v) is 17.7. The second-order valence-corrected chi connectivity index (χ2v) is 8.82. The van der Waals surface area contributed by atoms with Crippen LogP contribution < -0.4 is 20.7 Å². The van der Waals surface area contributed by atoms with Gasteiger partial charge in [0.25, 0.3) is 5.91 Å². The minimum Gasteiger partial charge on any atom is -0.477 e. The first kappa shape index (κ1) is 20.2. The number of amides is 2. The third kappa shape index (κ3) is 3.59. The molecule has 2 aromatic rings. The fourth-order valence-corrected chi connectivity index (χ4v) is 5.27. The van der Waals surface area contributed by atoms with Crippen LogP contribution in [0.1, 0.15) is 42.7 Å². The van der Waals surface area contributed by atoms with Crippen LogP contribution >= 0.6 is 11.3 Å².